The molecule has 1 aliphatic rings. The molecule has 0 saturated carbocycles. The van der Waals surface area contributed by atoms with Crippen LogP contribution >= 0.6 is 11.3 Å². The molecule has 242 valence electrons. The number of hydrogen-bond acceptors (Lipinski definition) is 5. The van der Waals surface area contributed by atoms with Crippen LogP contribution in [0.15, 0.2) is 53.4 Å². The first-order valence-electron chi connectivity index (χ1n) is 15.6. The maximum Gasteiger partial charge on any atom is 0.247 e. The minimum absolute atomic E-state index is 0.0241. The van der Waals surface area contributed by atoms with Crippen LogP contribution in [0.1, 0.15) is 100 Å². The zero-order valence-corrected chi connectivity index (χ0v) is 30.9. The molecule has 1 aliphatic heterocycles. The second kappa shape index (κ2) is 12.6. The van der Waals surface area contributed by atoms with E-state index in [1.54, 1.807) is 34.6 Å². The van der Waals surface area contributed by atoms with E-state index in [0.717, 1.165) is 21.6 Å². The summed E-state index contributed by atoms with van der Waals surface area (Å²) >= 11 is 1.49. The molecule has 2 unspecified atom stereocenters. The summed E-state index contributed by atoms with van der Waals surface area (Å²) in [5.41, 5.74) is 2.76. The van der Waals surface area contributed by atoms with Gasteiger partial charge in [0.1, 0.15) is 22.6 Å². The Bertz CT molecular complexity index is 1590. The number of ether oxygens (including phenoxy) is 1. The van der Waals surface area contributed by atoms with Gasteiger partial charge >= 0.3 is 0 Å². The predicted octanol–water partition coefficient (Wildman–Crippen LogP) is 9.82. The van der Waals surface area contributed by atoms with Gasteiger partial charge in [0.2, 0.25) is 10.0 Å². The molecule has 5 nitrogen and oxygen atoms in total. The largest absolute Gasteiger partial charge is 0.488 e. The molecule has 0 aliphatic carbocycles. The highest BCUT2D eigenvalue weighted by Gasteiger charge is 2.40. The maximum atomic E-state index is 15.6. The van der Waals surface area contributed by atoms with E-state index < -0.39 is 18.3 Å². The average molecular weight is 660 g/mol. The van der Waals surface area contributed by atoms with Gasteiger partial charge in [-0.2, -0.15) is 4.31 Å². The summed E-state index contributed by atoms with van der Waals surface area (Å²) < 4.78 is 57.6. The van der Waals surface area contributed by atoms with Crippen LogP contribution in [0.2, 0.25) is 18.1 Å². The molecule has 0 fully saturated rings. The zero-order valence-electron chi connectivity index (χ0n) is 28.2. The lowest BCUT2D eigenvalue weighted by Gasteiger charge is -2.38. The number of benzene rings is 2. The Morgan fingerprint density at radius 2 is 1.75 bits per heavy atom. The third kappa shape index (κ3) is 7.17. The number of rotatable bonds is 8. The molecule has 44 heavy (non-hydrogen) atoms. The molecule has 1 aromatic heterocycles. The summed E-state index contributed by atoms with van der Waals surface area (Å²) in [6.45, 7) is 24.0. The van der Waals surface area contributed by atoms with Crippen molar-refractivity contribution in [2.24, 2.45) is 5.41 Å². The number of para-hydroxylation sites is 1. The van der Waals surface area contributed by atoms with Gasteiger partial charge in [0.05, 0.1) is 17.5 Å². The first-order chi connectivity index (χ1) is 20.3. The van der Waals surface area contributed by atoms with Crippen molar-refractivity contribution in [2.75, 3.05) is 6.54 Å². The van der Waals surface area contributed by atoms with Crippen molar-refractivity contribution < 1.29 is 22.0 Å². The number of fused-ring (bicyclic) bond motifs is 1. The summed E-state index contributed by atoms with van der Waals surface area (Å²) in [5, 5.41) is 0.0241. The topological polar surface area (TPSA) is 55.8 Å². The highest BCUT2D eigenvalue weighted by molar-refractivity contribution is 7.89. The van der Waals surface area contributed by atoms with Crippen molar-refractivity contribution in [1.29, 1.82) is 0 Å². The van der Waals surface area contributed by atoms with Gasteiger partial charge in [0.15, 0.2) is 8.32 Å². The number of hydrogen-bond donors (Lipinski definition) is 0. The minimum Gasteiger partial charge on any atom is -0.488 e. The van der Waals surface area contributed by atoms with E-state index in [2.05, 4.69) is 72.8 Å². The van der Waals surface area contributed by atoms with Crippen LogP contribution in [-0.4, -0.2) is 33.7 Å². The molecular weight excluding hydrogens is 610 g/mol. The van der Waals surface area contributed by atoms with E-state index in [-0.39, 0.29) is 52.4 Å². The van der Waals surface area contributed by atoms with Crippen LogP contribution < -0.4 is 4.74 Å². The smallest absolute Gasteiger partial charge is 0.247 e. The van der Waals surface area contributed by atoms with E-state index >= 15 is 4.39 Å². The number of aryl methyl sites for hydroxylation is 1. The second-order valence-corrected chi connectivity index (χ2v) is 22.5. The summed E-state index contributed by atoms with van der Waals surface area (Å²) in [6.07, 6.45) is 0.103. The number of thiophene rings is 1. The first kappa shape index (κ1) is 34.8. The molecule has 0 bridgehead atoms. The fourth-order valence-corrected chi connectivity index (χ4v) is 10.0. The Morgan fingerprint density at radius 1 is 1.09 bits per heavy atom. The van der Waals surface area contributed by atoms with Gasteiger partial charge in [-0.15, -0.1) is 11.3 Å². The van der Waals surface area contributed by atoms with Gasteiger partial charge in [-0.25, -0.2) is 12.8 Å². The van der Waals surface area contributed by atoms with Crippen LogP contribution in [0.3, 0.4) is 0 Å². The van der Waals surface area contributed by atoms with Crippen LogP contribution in [0.5, 0.6) is 5.75 Å². The van der Waals surface area contributed by atoms with Gasteiger partial charge < -0.3 is 9.16 Å². The van der Waals surface area contributed by atoms with Crippen molar-refractivity contribution >= 4 is 29.7 Å². The van der Waals surface area contributed by atoms with Crippen LogP contribution in [0, 0.1) is 18.2 Å². The molecule has 0 spiro atoms. The lowest BCUT2D eigenvalue weighted by Crippen LogP contribution is -2.41. The molecule has 4 rings (SSSR count). The summed E-state index contributed by atoms with van der Waals surface area (Å²) in [5.74, 6) is 0.0866. The van der Waals surface area contributed by atoms with Crippen LogP contribution in [0.25, 0.3) is 0 Å². The Hall–Kier alpha value is -2.04. The quantitative estimate of drug-likeness (QED) is 0.226. The normalized spacial score (nSPS) is 19.1. The van der Waals surface area contributed by atoms with Gasteiger partial charge in [-0.1, -0.05) is 78.8 Å². The Balaban J connectivity index is 1.71. The first-order valence-corrected chi connectivity index (χ1v) is 20.7. The Labute approximate surface area is 270 Å². The lowest BCUT2D eigenvalue weighted by molar-refractivity contribution is 0.168. The van der Waals surface area contributed by atoms with E-state index in [4.69, 9.17) is 9.16 Å². The molecule has 3 atom stereocenters. The minimum atomic E-state index is -3.78. The SMILES string of the molecule is CC[C@@H]1CN(Cc2cc(C(c3cc(F)c(C(C)O[Si](C)(C)C(C)(C)C)s3)C(C)(C)C)ccc2C)S(=O)(=O)c2ccccc2O1. The third-order valence-corrected chi connectivity index (χ3v) is 16.9. The standard InChI is InChI=1S/C35H50FNO4S2Si/c1-12-27-22-37(43(38,39)31-16-14-13-15-29(31)40-27)21-26-19-25(18-17-23(26)2)32(34(4,5)6)30-20-28(36)33(42-30)24(3)41-44(10,11)35(7,8)9/h13-20,24,27,32H,12,21-22H2,1-11H3/t24?,27-,32?/m1/s1. The summed E-state index contributed by atoms with van der Waals surface area (Å²) in [7, 11) is -5.87. The maximum absolute atomic E-state index is 15.6. The van der Waals surface area contributed by atoms with Gasteiger partial charge in [-0.3, -0.25) is 0 Å². The van der Waals surface area contributed by atoms with Gasteiger partial charge in [-0.05, 0) is 78.7 Å². The molecule has 0 amide bonds. The van der Waals surface area contributed by atoms with Crippen molar-refractivity contribution in [3.05, 3.63) is 80.8 Å². The Kier molecular flexibility index (Phi) is 9.99. The molecular formula is C35H50FNO4S2Si. The van der Waals surface area contributed by atoms with Crippen molar-refractivity contribution in [1.82, 2.24) is 4.31 Å². The molecule has 9 heteroatoms. The monoisotopic (exact) mass is 659 g/mol. The van der Waals surface area contributed by atoms with E-state index in [0.29, 0.717) is 17.0 Å². The van der Waals surface area contributed by atoms with Crippen molar-refractivity contribution in [2.45, 2.75) is 116 Å². The highest BCUT2D eigenvalue weighted by atomic mass is 32.2. The number of nitrogens with zero attached hydrogens (tertiary/aromatic N) is 1. The predicted molar refractivity (Wildman–Crippen MR) is 182 cm³/mol. The number of halogens is 1. The highest BCUT2D eigenvalue weighted by Crippen LogP contribution is 2.47. The number of sulfonamides is 1. The molecule has 0 saturated heterocycles. The van der Waals surface area contributed by atoms with E-state index in [1.165, 1.54) is 11.3 Å². The lowest BCUT2D eigenvalue weighted by atomic mass is 9.75. The van der Waals surface area contributed by atoms with E-state index in [1.807, 2.05) is 20.8 Å². The fourth-order valence-electron chi connectivity index (χ4n) is 5.62. The molecule has 0 N–H and O–H groups in total. The van der Waals surface area contributed by atoms with Gasteiger partial charge in [0.25, 0.3) is 0 Å². The average Bonchev–Trinajstić information content (AvgIpc) is 3.23. The fraction of sp³-hybridized carbons (Fsp3) is 0.543. The third-order valence-electron chi connectivity index (χ3n) is 9.21. The zero-order chi connectivity index (χ0) is 32.8. The summed E-state index contributed by atoms with van der Waals surface area (Å²) in [6, 6.07) is 14.8. The molecule has 0 radical (unpaired) electrons. The van der Waals surface area contributed by atoms with Crippen LogP contribution in [-0.2, 0) is 21.0 Å². The van der Waals surface area contributed by atoms with Crippen molar-refractivity contribution in [3.63, 3.8) is 0 Å². The van der Waals surface area contributed by atoms with E-state index in [9.17, 15) is 8.42 Å². The molecule has 2 aromatic carbocycles. The second-order valence-electron chi connectivity index (χ2n) is 14.8. The van der Waals surface area contributed by atoms with Gasteiger partial charge in [0, 0.05) is 17.3 Å². The molecule has 3 aromatic rings. The van der Waals surface area contributed by atoms with Crippen molar-refractivity contribution in [3.8, 4) is 5.75 Å². The Morgan fingerprint density at radius 3 is 2.36 bits per heavy atom. The molecule has 2 heterocycles. The summed E-state index contributed by atoms with van der Waals surface area (Å²) in [4.78, 5) is 1.78. The van der Waals surface area contributed by atoms with Crippen LogP contribution in [0.4, 0.5) is 4.39 Å².